The molecule has 1 N–H and O–H groups in total. The Balaban J connectivity index is 2.08. The Bertz CT molecular complexity index is 908. The van der Waals surface area contributed by atoms with Gasteiger partial charge in [-0.2, -0.15) is 0 Å². The third-order valence-corrected chi connectivity index (χ3v) is 3.59. The zero-order valence-corrected chi connectivity index (χ0v) is 14.6. The smallest absolute Gasteiger partial charge is 0.345 e. The van der Waals surface area contributed by atoms with Crippen molar-refractivity contribution in [2.24, 2.45) is 0 Å². The summed E-state index contributed by atoms with van der Waals surface area (Å²) in [5, 5.41) is 13.5. The average Bonchev–Trinajstić information content (AvgIpc) is 2.65. The van der Waals surface area contributed by atoms with Crippen molar-refractivity contribution in [2.75, 3.05) is 19.0 Å². The van der Waals surface area contributed by atoms with Crippen LogP contribution in [0.1, 0.15) is 26.3 Å². The van der Waals surface area contributed by atoms with Crippen molar-refractivity contribution in [3.05, 3.63) is 69.3 Å². The summed E-state index contributed by atoms with van der Waals surface area (Å²) in [6.45, 7) is 0.843. The van der Waals surface area contributed by atoms with Gasteiger partial charge in [-0.05, 0) is 24.6 Å². The number of nitro benzene ring substituents is 1. The lowest BCUT2D eigenvalue weighted by atomic mass is 10.1. The lowest BCUT2D eigenvalue weighted by Gasteiger charge is -2.10. The minimum Gasteiger partial charge on any atom is -0.465 e. The molecule has 0 atom stereocenters. The number of carbonyl (C=O) groups excluding carboxylic acids is 3. The second-order valence-electron chi connectivity index (χ2n) is 5.39. The fraction of sp³-hybridized carbons (Fsp3) is 0.167. The first-order valence-electron chi connectivity index (χ1n) is 7.73. The first-order valence-corrected chi connectivity index (χ1v) is 7.73. The molecular formula is C18H16N2O7. The Morgan fingerprint density at radius 1 is 1.07 bits per heavy atom. The van der Waals surface area contributed by atoms with Gasteiger partial charge in [0.25, 0.3) is 11.6 Å². The van der Waals surface area contributed by atoms with Crippen LogP contribution in [0.4, 0.5) is 11.4 Å². The molecule has 9 heteroatoms. The topological polar surface area (TPSA) is 125 Å². The number of hydrogen-bond donors (Lipinski definition) is 1. The maximum atomic E-state index is 12.2. The van der Waals surface area contributed by atoms with Crippen molar-refractivity contribution in [3.63, 3.8) is 0 Å². The minimum absolute atomic E-state index is 0.134. The van der Waals surface area contributed by atoms with E-state index in [1.54, 1.807) is 12.1 Å². The molecule has 140 valence electrons. The third kappa shape index (κ3) is 4.66. The molecule has 0 spiro atoms. The van der Waals surface area contributed by atoms with Crippen LogP contribution in [0.25, 0.3) is 0 Å². The van der Waals surface area contributed by atoms with Gasteiger partial charge in [-0.15, -0.1) is 0 Å². The number of rotatable bonds is 6. The normalized spacial score (nSPS) is 10.0. The third-order valence-electron chi connectivity index (χ3n) is 3.59. The predicted octanol–water partition coefficient (Wildman–Crippen LogP) is 2.49. The highest BCUT2D eigenvalue weighted by Gasteiger charge is 2.24. The molecule has 0 saturated heterocycles. The molecule has 0 unspecified atom stereocenters. The number of nitrogens with one attached hydrogen (secondary N) is 1. The van der Waals surface area contributed by atoms with Gasteiger partial charge in [-0.25, -0.2) is 9.59 Å². The fourth-order valence-corrected chi connectivity index (χ4v) is 2.34. The molecule has 0 aromatic heterocycles. The summed E-state index contributed by atoms with van der Waals surface area (Å²) in [6.07, 6.45) is 0. The van der Waals surface area contributed by atoms with E-state index in [9.17, 15) is 24.5 Å². The van der Waals surface area contributed by atoms with Crippen LogP contribution in [0.3, 0.4) is 0 Å². The number of benzene rings is 2. The quantitative estimate of drug-likeness (QED) is 0.469. The van der Waals surface area contributed by atoms with Crippen LogP contribution >= 0.6 is 0 Å². The van der Waals surface area contributed by atoms with Gasteiger partial charge >= 0.3 is 11.9 Å². The molecule has 0 saturated carbocycles. The maximum Gasteiger partial charge on any atom is 0.345 e. The molecular weight excluding hydrogens is 356 g/mol. The second kappa shape index (κ2) is 8.56. The van der Waals surface area contributed by atoms with Crippen LogP contribution in [0.2, 0.25) is 0 Å². The minimum atomic E-state index is -0.990. The Hall–Kier alpha value is -3.75. The number of nitro groups is 1. The molecule has 1 amide bonds. The van der Waals surface area contributed by atoms with Gasteiger partial charge in [-0.1, -0.05) is 24.3 Å². The highest BCUT2D eigenvalue weighted by Crippen LogP contribution is 2.23. The van der Waals surface area contributed by atoms with Crippen LogP contribution in [0.15, 0.2) is 42.5 Å². The summed E-state index contributed by atoms with van der Waals surface area (Å²) in [5.41, 5.74) is 0.0499. The van der Waals surface area contributed by atoms with Crippen molar-refractivity contribution >= 4 is 29.2 Å². The SMILES string of the molecule is COC(=O)c1ccccc1NC(=O)COC(=O)c1c(C)cccc1[N+](=O)[O-]. The van der Waals surface area contributed by atoms with E-state index in [2.05, 4.69) is 10.1 Å². The summed E-state index contributed by atoms with van der Waals surface area (Å²) in [6, 6.07) is 10.3. The van der Waals surface area contributed by atoms with Crippen LogP contribution in [-0.4, -0.2) is 36.5 Å². The van der Waals surface area contributed by atoms with Crippen LogP contribution in [-0.2, 0) is 14.3 Å². The van der Waals surface area contributed by atoms with Crippen LogP contribution < -0.4 is 5.32 Å². The summed E-state index contributed by atoms with van der Waals surface area (Å²) in [4.78, 5) is 46.3. The van der Waals surface area contributed by atoms with Crippen molar-refractivity contribution in [2.45, 2.75) is 6.92 Å². The average molecular weight is 372 g/mol. The lowest BCUT2D eigenvalue weighted by molar-refractivity contribution is -0.385. The van der Waals surface area contributed by atoms with Gasteiger partial charge in [0.15, 0.2) is 6.61 Å². The number of ether oxygens (including phenoxy) is 2. The van der Waals surface area contributed by atoms with E-state index in [1.807, 2.05) is 0 Å². The highest BCUT2D eigenvalue weighted by molar-refractivity contribution is 6.02. The van der Waals surface area contributed by atoms with E-state index >= 15 is 0 Å². The van der Waals surface area contributed by atoms with Gasteiger partial charge in [0.1, 0.15) is 5.56 Å². The Kier molecular flexibility index (Phi) is 6.21. The summed E-state index contributed by atoms with van der Waals surface area (Å²) in [5.74, 6) is -2.34. The molecule has 27 heavy (non-hydrogen) atoms. The first kappa shape index (κ1) is 19.6. The zero-order chi connectivity index (χ0) is 20.0. The van der Waals surface area contributed by atoms with E-state index in [-0.39, 0.29) is 16.8 Å². The molecule has 2 aromatic carbocycles. The van der Waals surface area contributed by atoms with Gasteiger partial charge < -0.3 is 14.8 Å². The van der Waals surface area contributed by atoms with Crippen molar-refractivity contribution in [1.29, 1.82) is 0 Å². The molecule has 2 rings (SSSR count). The first-order chi connectivity index (χ1) is 12.8. The molecule has 0 radical (unpaired) electrons. The maximum absolute atomic E-state index is 12.2. The molecule has 0 aliphatic carbocycles. The van der Waals surface area contributed by atoms with E-state index in [4.69, 9.17) is 4.74 Å². The summed E-state index contributed by atoms with van der Waals surface area (Å²) < 4.78 is 9.51. The highest BCUT2D eigenvalue weighted by atomic mass is 16.6. The summed E-state index contributed by atoms with van der Waals surface area (Å²) >= 11 is 0. The van der Waals surface area contributed by atoms with Gasteiger partial charge in [-0.3, -0.25) is 14.9 Å². The van der Waals surface area contributed by atoms with Gasteiger partial charge in [0.05, 0.1) is 23.3 Å². The number of hydrogen-bond acceptors (Lipinski definition) is 7. The van der Waals surface area contributed by atoms with Crippen molar-refractivity contribution in [1.82, 2.24) is 0 Å². The van der Waals surface area contributed by atoms with E-state index in [0.29, 0.717) is 5.56 Å². The number of methoxy groups -OCH3 is 1. The number of aryl methyl sites for hydroxylation is 1. The molecule has 9 nitrogen and oxygen atoms in total. The van der Waals surface area contributed by atoms with E-state index in [0.717, 1.165) is 0 Å². The Morgan fingerprint density at radius 3 is 2.44 bits per heavy atom. The zero-order valence-electron chi connectivity index (χ0n) is 14.6. The molecule has 2 aromatic rings. The van der Waals surface area contributed by atoms with Crippen LogP contribution in [0, 0.1) is 17.0 Å². The molecule has 0 bridgehead atoms. The molecule has 0 aliphatic rings. The van der Waals surface area contributed by atoms with E-state index < -0.39 is 35.1 Å². The molecule has 0 aliphatic heterocycles. The van der Waals surface area contributed by atoms with Crippen molar-refractivity contribution < 1.29 is 28.8 Å². The standard InChI is InChI=1S/C18H16N2O7/c1-11-6-5-9-14(20(24)25)16(11)18(23)27-10-15(21)19-13-8-4-3-7-12(13)17(22)26-2/h3-9H,10H2,1-2H3,(H,19,21). The Morgan fingerprint density at radius 2 is 1.78 bits per heavy atom. The number of para-hydroxylation sites is 1. The van der Waals surface area contributed by atoms with E-state index in [1.165, 1.54) is 44.4 Å². The largest absolute Gasteiger partial charge is 0.465 e. The molecule has 0 fully saturated rings. The Labute approximate surface area is 154 Å². The fourth-order valence-electron chi connectivity index (χ4n) is 2.34. The number of nitrogens with zero attached hydrogens (tertiary/aromatic N) is 1. The number of amides is 1. The number of carbonyl (C=O) groups is 3. The number of anilines is 1. The monoisotopic (exact) mass is 372 g/mol. The summed E-state index contributed by atoms with van der Waals surface area (Å²) in [7, 11) is 1.21. The lowest BCUT2D eigenvalue weighted by Crippen LogP contribution is -2.23. The predicted molar refractivity (Wildman–Crippen MR) is 94.5 cm³/mol. The van der Waals surface area contributed by atoms with Crippen molar-refractivity contribution in [3.8, 4) is 0 Å². The van der Waals surface area contributed by atoms with Gasteiger partial charge in [0.2, 0.25) is 0 Å². The molecule has 0 heterocycles. The number of esters is 2. The van der Waals surface area contributed by atoms with Gasteiger partial charge in [0, 0.05) is 6.07 Å². The van der Waals surface area contributed by atoms with Crippen LogP contribution in [0.5, 0.6) is 0 Å². The second-order valence-corrected chi connectivity index (χ2v) is 5.39.